The molecule has 0 atom stereocenters. The minimum absolute atomic E-state index is 0.0371. The van der Waals surface area contributed by atoms with Crippen molar-refractivity contribution in [2.75, 3.05) is 10.0 Å². The van der Waals surface area contributed by atoms with Crippen LogP contribution in [0.15, 0.2) is 57.4 Å². The fraction of sp³-hybridized carbons (Fsp3) is 0.105. The van der Waals surface area contributed by atoms with E-state index in [1.54, 1.807) is 37.6 Å². The molecule has 0 fully saturated rings. The average Bonchev–Trinajstić information content (AvgIpc) is 3.29. The summed E-state index contributed by atoms with van der Waals surface area (Å²) < 4.78 is 33.3. The molecule has 0 radical (unpaired) electrons. The Morgan fingerprint density at radius 1 is 1.10 bits per heavy atom. The van der Waals surface area contributed by atoms with Gasteiger partial charge in [-0.05, 0) is 56.3 Å². The number of nitrogens with one attached hydrogen (secondary N) is 2. The maximum Gasteiger partial charge on any atom is 0.264 e. The van der Waals surface area contributed by atoms with E-state index in [0.717, 1.165) is 10.2 Å². The molecule has 2 aromatic heterocycles. The Kier molecular flexibility index (Phi) is 4.81. The standard InChI is InChI=1S/C19H16N4O4S2/c1-11-12(2)22-27-19(11)23-29(25,26)15-6-4-14(5-7-15)21-18(24)13-3-8-16-17(9-13)28-10-20-16/h3-10,23H,1-2H3,(H,21,24). The van der Waals surface area contributed by atoms with Gasteiger partial charge in [-0.1, -0.05) is 5.16 Å². The van der Waals surface area contributed by atoms with Crippen LogP contribution >= 0.6 is 11.3 Å². The van der Waals surface area contributed by atoms with E-state index in [1.165, 1.54) is 35.6 Å². The van der Waals surface area contributed by atoms with E-state index in [4.69, 9.17) is 4.52 Å². The Morgan fingerprint density at radius 2 is 1.86 bits per heavy atom. The largest absolute Gasteiger partial charge is 0.337 e. The van der Waals surface area contributed by atoms with Crippen LogP contribution in [0.2, 0.25) is 0 Å². The summed E-state index contributed by atoms with van der Waals surface area (Å²) in [5, 5.41) is 6.49. The molecule has 2 aromatic carbocycles. The van der Waals surface area contributed by atoms with Crippen molar-refractivity contribution in [3.05, 3.63) is 64.8 Å². The van der Waals surface area contributed by atoms with Crippen LogP contribution in [0.3, 0.4) is 0 Å². The lowest BCUT2D eigenvalue weighted by molar-refractivity contribution is 0.102. The number of thiazole rings is 1. The Balaban J connectivity index is 1.49. The van der Waals surface area contributed by atoms with Gasteiger partial charge in [0.25, 0.3) is 15.9 Å². The fourth-order valence-electron chi connectivity index (χ4n) is 2.61. The first kappa shape index (κ1) is 19.1. The molecule has 2 N–H and O–H groups in total. The number of rotatable bonds is 5. The van der Waals surface area contributed by atoms with Crippen molar-refractivity contribution < 1.29 is 17.7 Å². The van der Waals surface area contributed by atoms with Crippen LogP contribution in [0.25, 0.3) is 10.2 Å². The van der Waals surface area contributed by atoms with Gasteiger partial charge < -0.3 is 9.84 Å². The highest BCUT2D eigenvalue weighted by Gasteiger charge is 2.19. The summed E-state index contributed by atoms with van der Waals surface area (Å²) >= 11 is 1.46. The molecule has 4 aromatic rings. The molecular weight excluding hydrogens is 412 g/mol. The first-order valence-corrected chi connectivity index (χ1v) is 10.9. The van der Waals surface area contributed by atoms with Crippen molar-refractivity contribution in [2.24, 2.45) is 0 Å². The van der Waals surface area contributed by atoms with Gasteiger partial charge in [-0.25, -0.2) is 18.1 Å². The summed E-state index contributed by atoms with van der Waals surface area (Å²) in [6.45, 7) is 3.44. The minimum atomic E-state index is -3.84. The topological polar surface area (TPSA) is 114 Å². The third kappa shape index (κ3) is 3.84. The average molecular weight is 428 g/mol. The van der Waals surface area contributed by atoms with Crippen LogP contribution in [0.5, 0.6) is 0 Å². The highest BCUT2D eigenvalue weighted by molar-refractivity contribution is 7.92. The van der Waals surface area contributed by atoms with Crippen LogP contribution < -0.4 is 10.0 Å². The van der Waals surface area contributed by atoms with Gasteiger partial charge >= 0.3 is 0 Å². The predicted octanol–water partition coefficient (Wildman–Crippen LogP) is 3.95. The van der Waals surface area contributed by atoms with Gasteiger partial charge in [-0.2, -0.15) is 0 Å². The molecule has 0 saturated carbocycles. The van der Waals surface area contributed by atoms with E-state index < -0.39 is 10.0 Å². The Labute approximate surface area is 170 Å². The molecule has 0 aliphatic rings. The number of anilines is 2. The van der Waals surface area contributed by atoms with Crippen molar-refractivity contribution in [1.29, 1.82) is 0 Å². The molecule has 0 bridgehead atoms. The highest BCUT2D eigenvalue weighted by atomic mass is 32.2. The Bertz CT molecular complexity index is 1310. The highest BCUT2D eigenvalue weighted by Crippen LogP contribution is 2.23. The smallest absolute Gasteiger partial charge is 0.264 e. The van der Waals surface area contributed by atoms with Gasteiger partial charge in [0, 0.05) is 16.8 Å². The van der Waals surface area contributed by atoms with Crippen LogP contribution in [0.4, 0.5) is 11.6 Å². The van der Waals surface area contributed by atoms with Gasteiger partial charge in [0.05, 0.1) is 26.3 Å². The van der Waals surface area contributed by atoms with Gasteiger partial charge in [-0.3, -0.25) is 4.79 Å². The second-order valence-electron chi connectivity index (χ2n) is 6.34. The summed E-state index contributed by atoms with van der Waals surface area (Å²) in [6, 6.07) is 11.1. The number of aryl methyl sites for hydroxylation is 1. The van der Waals surface area contributed by atoms with Gasteiger partial charge in [-0.15, -0.1) is 11.3 Å². The number of aromatic nitrogens is 2. The third-order valence-corrected chi connectivity index (χ3v) is 6.54. The maximum atomic E-state index is 12.5. The number of amides is 1. The van der Waals surface area contributed by atoms with Crippen molar-refractivity contribution in [2.45, 2.75) is 18.7 Å². The maximum absolute atomic E-state index is 12.5. The molecule has 0 saturated heterocycles. The second-order valence-corrected chi connectivity index (χ2v) is 8.91. The molecule has 0 aliphatic heterocycles. The molecule has 0 unspecified atom stereocenters. The third-order valence-electron chi connectivity index (χ3n) is 4.40. The van der Waals surface area contributed by atoms with E-state index in [9.17, 15) is 13.2 Å². The van der Waals surface area contributed by atoms with E-state index in [0.29, 0.717) is 22.5 Å². The van der Waals surface area contributed by atoms with E-state index in [-0.39, 0.29) is 16.7 Å². The lowest BCUT2D eigenvalue weighted by Gasteiger charge is -2.08. The predicted molar refractivity (Wildman–Crippen MR) is 111 cm³/mol. The summed E-state index contributed by atoms with van der Waals surface area (Å²) in [5.41, 5.74) is 4.76. The summed E-state index contributed by atoms with van der Waals surface area (Å²) in [6.07, 6.45) is 0. The quantitative estimate of drug-likeness (QED) is 0.497. The summed E-state index contributed by atoms with van der Waals surface area (Å²) in [7, 11) is -3.84. The second kappa shape index (κ2) is 7.30. The zero-order valence-electron chi connectivity index (χ0n) is 15.5. The van der Waals surface area contributed by atoms with Crippen molar-refractivity contribution in [1.82, 2.24) is 10.1 Å². The Morgan fingerprint density at radius 3 is 2.55 bits per heavy atom. The monoisotopic (exact) mass is 428 g/mol. The molecule has 1 amide bonds. The van der Waals surface area contributed by atoms with Crippen LogP contribution in [-0.4, -0.2) is 24.5 Å². The number of benzene rings is 2. The number of nitrogens with zero attached hydrogens (tertiary/aromatic N) is 2. The van der Waals surface area contributed by atoms with Crippen LogP contribution in [-0.2, 0) is 10.0 Å². The summed E-state index contributed by atoms with van der Waals surface area (Å²) in [5.74, 6) is -0.208. The molecule has 0 aliphatic carbocycles. The lowest BCUT2D eigenvalue weighted by atomic mass is 10.2. The number of carbonyl (C=O) groups is 1. The lowest BCUT2D eigenvalue weighted by Crippen LogP contribution is -2.14. The molecule has 4 rings (SSSR count). The fourth-order valence-corrected chi connectivity index (χ4v) is 4.37. The first-order valence-electron chi connectivity index (χ1n) is 8.54. The van der Waals surface area contributed by atoms with Crippen molar-refractivity contribution in [3.63, 3.8) is 0 Å². The first-order chi connectivity index (χ1) is 13.8. The normalized spacial score (nSPS) is 11.5. The zero-order valence-corrected chi connectivity index (χ0v) is 17.1. The minimum Gasteiger partial charge on any atom is -0.337 e. The van der Waals surface area contributed by atoms with Crippen LogP contribution in [0.1, 0.15) is 21.6 Å². The molecule has 8 nitrogen and oxygen atoms in total. The number of hydrogen-bond donors (Lipinski definition) is 2. The zero-order chi connectivity index (χ0) is 20.6. The van der Waals surface area contributed by atoms with Gasteiger partial charge in [0.1, 0.15) is 0 Å². The summed E-state index contributed by atoms with van der Waals surface area (Å²) in [4.78, 5) is 16.7. The van der Waals surface area contributed by atoms with E-state index in [2.05, 4.69) is 20.2 Å². The van der Waals surface area contributed by atoms with E-state index >= 15 is 0 Å². The molecule has 29 heavy (non-hydrogen) atoms. The van der Waals surface area contributed by atoms with E-state index in [1.807, 2.05) is 0 Å². The van der Waals surface area contributed by atoms with Crippen molar-refractivity contribution >= 4 is 49.1 Å². The van der Waals surface area contributed by atoms with Crippen LogP contribution in [0, 0.1) is 13.8 Å². The van der Waals surface area contributed by atoms with Crippen molar-refractivity contribution in [3.8, 4) is 0 Å². The SMILES string of the molecule is Cc1noc(NS(=O)(=O)c2ccc(NC(=O)c3ccc4ncsc4c3)cc2)c1C. The number of sulfonamides is 1. The number of hydrogen-bond acceptors (Lipinski definition) is 7. The molecule has 148 valence electrons. The number of carbonyl (C=O) groups excluding carboxylic acids is 1. The van der Waals surface area contributed by atoms with Gasteiger partial charge in [0.15, 0.2) is 0 Å². The molecule has 10 heteroatoms. The van der Waals surface area contributed by atoms with Gasteiger partial charge in [0.2, 0.25) is 5.88 Å². The Hall–Kier alpha value is -3.24. The molecule has 2 heterocycles. The number of fused-ring (bicyclic) bond motifs is 1. The molecular formula is C19H16N4O4S2. The molecule has 0 spiro atoms.